The Morgan fingerprint density at radius 1 is 1.42 bits per heavy atom. The predicted octanol–water partition coefficient (Wildman–Crippen LogP) is 0.881. The van der Waals surface area contributed by atoms with E-state index in [9.17, 15) is 4.21 Å². The normalized spacial score (nSPS) is 15.4. The van der Waals surface area contributed by atoms with Gasteiger partial charge in [-0.15, -0.1) is 0 Å². The van der Waals surface area contributed by atoms with E-state index in [2.05, 4.69) is 10.6 Å². The van der Waals surface area contributed by atoms with Gasteiger partial charge in [-0.05, 0) is 11.4 Å². The van der Waals surface area contributed by atoms with Crippen LogP contribution in [0.5, 0.6) is 0 Å². The highest BCUT2D eigenvalue weighted by atomic mass is 32.2. The topological polar surface area (TPSA) is 49.3 Å². The molecule has 0 aliphatic heterocycles. The van der Waals surface area contributed by atoms with Gasteiger partial charge in [0, 0.05) is 6.54 Å². The van der Waals surface area contributed by atoms with E-state index < -0.39 is 9.99 Å². The quantitative estimate of drug-likeness (QED) is 0.687. The van der Waals surface area contributed by atoms with Gasteiger partial charge in [0.25, 0.3) is 0 Å². The summed E-state index contributed by atoms with van der Waals surface area (Å²) in [6, 6.07) is 9.39. The van der Waals surface area contributed by atoms with Crippen molar-refractivity contribution in [2.75, 3.05) is 0 Å². The van der Waals surface area contributed by atoms with Crippen molar-refractivity contribution < 1.29 is 8.76 Å². The molecule has 0 fully saturated rings. The molecule has 2 N–H and O–H groups in total. The van der Waals surface area contributed by atoms with Crippen molar-refractivity contribution in [3.05, 3.63) is 35.9 Å². The Kier molecular flexibility index (Phi) is 2.86. The Morgan fingerprint density at radius 3 is 2.50 bits per heavy atom. The van der Waals surface area contributed by atoms with Crippen molar-refractivity contribution in [1.82, 2.24) is 4.72 Å². The molecule has 0 saturated carbocycles. The van der Waals surface area contributed by atoms with E-state index in [4.69, 9.17) is 4.55 Å². The fraction of sp³-hybridized carbons (Fsp3) is 0.125. The fourth-order valence-electron chi connectivity index (χ4n) is 0.792. The third-order valence-electron chi connectivity index (χ3n) is 1.34. The lowest BCUT2D eigenvalue weighted by Crippen LogP contribution is -2.21. The van der Waals surface area contributed by atoms with Crippen LogP contribution in [-0.2, 0) is 16.5 Å². The maximum Gasteiger partial charge on any atom is 0.138 e. The van der Waals surface area contributed by atoms with Crippen LogP contribution in [-0.4, -0.2) is 14.6 Å². The standard InChI is InChI=1S/C8H11NO2S/c1-12(10,11)9-7-8-5-3-2-4-6-8/h2-6H,1,7H2,(H2,9,10,11). The first-order valence-electron chi connectivity index (χ1n) is 3.46. The molecule has 66 valence electrons. The molecule has 0 radical (unpaired) electrons. The van der Waals surface area contributed by atoms with Gasteiger partial charge < -0.3 is 4.55 Å². The first-order chi connectivity index (χ1) is 5.58. The van der Waals surface area contributed by atoms with E-state index in [1.165, 1.54) is 0 Å². The summed E-state index contributed by atoms with van der Waals surface area (Å²) in [5, 5.41) is 0. The summed E-state index contributed by atoms with van der Waals surface area (Å²) in [6.07, 6.45) is 0. The van der Waals surface area contributed by atoms with Crippen molar-refractivity contribution in [3.63, 3.8) is 0 Å². The average Bonchev–Trinajstić information content (AvgIpc) is 2.02. The molecule has 0 aromatic heterocycles. The minimum Gasteiger partial charge on any atom is -0.303 e. The second kappa shape index (κ2) is 3.71. The van der Waals surface area contributed by atoms with Crippen LogP contribution in [0.3, 0.4) is 0 Å². The largest absolute Gasteiger partial charge is 0.303 e. The van der Waals surface area contributed by atoms with E-state index in [1.807, 2.05) is 30.3 Å². The van der Waals surface area contributed by atoms with Gasteiger partial charge in [-0.1, -0.05) is 30.3 Å². The molecule has 3 nitrogen and oxygen atoms in total. The minimum atomic E-state index is -3.07. The maximum atomic E-state index is 10.7. The van der Waals surface area contributed by atoms with Crippen molar-refractivity contribution in [2.24, 2.45) is 0 Å². The van der Waals surface area contributed by atoms with Gasteiger partial charge in [0.05, 0.1) is 0 Å². The summed E-state index contributed by atoms with van der Waals surface area (Å²) in [5.41, 5.74) is 0.961. The molecular weight excluding hydrogens is 174 g/mol. The zero-order valence-corrected chi connectivity index (χ0v) is 7.38. The van der Waals surface area contributed by atoms with Crippen molar-refractivity contribution in [3.8, 4) is 0 Å². The molecule has 1 aromatic carbocycles. The highest BCUT2D eigenvalue weighted by Gasteiger charge is 1.95. The molecule has 0 saturated heterocycles. The van der Waals surface area contributed by atoms with Crippen LogP contribution in [0, 0.1) is 0 Å². The molecule has 0 aliphatic carbocycles. The second-order valence-corrected chi connectivity index (χ2v) is 4.02. The summed E-state index contributed by atoms with van der Waals surface area (Å²) < 4.78 is 21.9. The Morgan fingerprint density at radius 2 is 2.00 bits per heavy atom. The van der Waals surface area contributed by atoms with Gasteiger partial charge in [-0.3, -0.25) is 0 Å². The minimum absolute atomic E-state index is 0.361. The molecule has 0 heterocycles. The zero-order valence-electron chi connectivity index (χ0n) is 6.56. The van der Waals surface area contributed by atoms with Gasteiger partial charge in [-0.2, -0.15) is 0 Å². The summed E-state index contributed by atoms with van der Waals surface area (Å²) >= 11 is 0. The molecule has 0 amide bonds. The van der Waals surface area contributed by atoms with Crippen molar-refractivity contribution in [2.45, 2.75) is 6.54 Å². The molecule has 1 aromatic rings. The third-order valence-corrected chi connectivity index (χ3v) is 1.94. The van der Waals surface area contributed by atoms with E-state index >= 15 is 0 Å². The summed E-state index contributed by atoms with van der Waals surface area (Å²) in [4.78, 5) is 0. The lowest BCUT2D eigenvalue weighted by molar-refractivity contribution is 0.544. The maximum absolute atomic E-state index is 10.7. The molecule has 1 rings (SSSR count). The van der Waals surface area contributed by atoms with Gasteiger partial charge in [0.2, 0.25) is 0 Å². The van der Waals surface area contributed by atoms with Crippen LogP contribution >= 0.6 is 0 Å². The number of hydrogen-bond donors (Lipinski definition) is 2. The Balaban J connectivity index is 2.56. The first kappa shape index (κ1) is 9.25. The van der Waals surface area contributed by atoms with Crippen molar-refractivity contribution >= 4 is 15.9 Å². The van der Waals surface area contributed by atoms with Crippen LogP contribution in [0.25, 0.3) is 0 Å². The molecule has 1 atom stereocenters. The van der Waals surface area contributed by atoms with Crippen LogP contribution in [0.4, 0.5) is 0 Å². The first-order valence-corrected chi connectivity index (χ1v) is 5.14. The average molecular weight is 185 g/mol. The summed E-state index contributed by atoms with van der Waals surface area (Å²) in [6.45, 7) is 0.361. The summed E-state index contributed by atoms with van der Waals surface area (Å²) in [5.74, 6) is 3.06. The number of rotatable bonds is 3. The van der Waals surface area contributed by atoms with Gasteiger partial charge in [0.1, 0.15) is 9.99 Å². The summed E-state index contributed by atoms with van der Waals surface area (Å²) in [7, 11) is -3.07. The number of benzene rings is 1. The van der Waals surface area contributed by atoms with Crippen LogP contribution in [0.15, 0.2) is 30.3 Å². The lowest BCUT2D eigenvalue weighted by atomic mass is 10.2. The van der Waals surface area contributed by atoms with Crippen LogP contribution in [0.2, 0.25) is 0 Å². The van der Waals surface area contributed by atoms with E-state index in [-0.39, 0.29) is 0 Å². The SMILES string of the molecule is C=S(=O)(O)NCc1ccccc1. The van der Waals surface area contributed by atoms with E-state index in [0.29, 0.717) is 6.54 Å². The third kappa shape index (κ3) is 3.52. The molecular formula is C8H11NO2S. The van der Waals surface area contributed by atoms with Crippen molar-refractivity contribution in [1.29, 1.82) is 0 Å². The van der Waals surface area contributed by atoms with Crippen LogP contribution < -0.4 is 4.72 Å². The molecule has 1 unspecified atom stereocenters. The molecule has 12 heavy (non-hydrogen) atoms. The van der Waals surface area contributed by atoms with Crippen LogP contribution in [0.1, 0.15) is 5.56 Å². The zero-order chi connectivity index (χ0) is 9.03. The number of nitrogens with one attached hydrogen (secondary N) is 1. The Bertz CT molecular complexity index is 331. The molecule has 0 aliphatic rings. The molecule has 0 bridgehead atoms. The molecule has 4 heteroatoms. The molecule has 0 spiro atoms. The predicted molar refractivity (Wildman–Crippen MR) is 51.2 cm³/mol. The lowest BCUT2D eigenvalue weighted by Gasteiger charge is -2.03. The smallest absolute Gasteiger partial charge is 0.138 e. The Hall–Kier alpha value is -0.840. The monoisotopic (exact) mass is 185 g/mol. The highest BCUT2D eigenvalue weighted by molar-refractivity contribution is 7.93. The Labute approximate surface area is 72.4 Å². The highest BCUT2D eigenvalue weighted by Crippen LogP contribution is 1.97. The van der Waals surface area contributed by atoms with E-state index in [0.717, 1.165) is 5.56 Å². The van der Waals surface area contributed by atoms with Gasteiger partial charge in [0.15, 0.2) is 0 Å². The van der Waals surface area contributed by atoms with Gasteiger partial charge >= 0.3 is 0 Å². The second-order valence-electron chi connectivity index (χ2n) is 2.45. The number of hydrogen-bond acceptors (Lipinski definition) is 1. The fourth-order valence-corrected chi connectivity index (χ4v) is 1.18. The van der Waals surface area contributed by atoms with E-state index in [1.54, 1.807) is 0 Å². The van der Waals surface area contributed by atoms with Gasteiger partial charge in [-0.25, -0.2) is 8.93 Å².